The summed E-state index contributed by atoms with van der Waals surface area (Å²) in [7, 11) is 1.59. The molecule has 2 N–H and O–H groups in total. The fraction of sp³-hybridized carbons (Fsp3) is 0.150. The minimum absolute atomic E-state index is 0.0759. The molecule has 3 rings (SSSR count). The van der Waals surface area contributed by atoms with Crippen LogP contribution >= 0.6 is 0 Å². The van der Waals surface area contributed by atoms with Gasteiger partial charge in [0.1, 0.15) is 0 Å². The molecule has 0 atom stereocenters. The highest BCUT2D eigenvalue weighted by molar-refractivity contribution is 5.93. The summed E-state index contributed by atoms with van der Waals surface area (Å²) in [5.74, 6) is -0.205. The van der Waals surface area contributed by atoms with Crippen LogP contribution in [0.5, 0.6) is 0 Å². The average molecular weight is 348 g/mol. The predicted molar refractivity (Wildman–Crippen MR) is 98.9 cm³/mol. The van der Waals surface area contributed by atoms with Gasteiger partial charge in [-0.05, 0) is 35.4 Å². The van der Waals surface area contributed by atoms with Gasteiger partial charge in [0.15, 0.2) is 0 Å². The van der Waals surface area contributed by atoms with E-state index in [0.717, 1.165) is 16.8 Å². The van der Waals surface area contributed by atoms with E-state index >= 15 is 0 Å². The van der Waals surface area contributed by atoms with Gasteiger partial charge in [0.25, 0.3) is 5.91 Å². The van der Waals surface area contributed by atoms with Gasteiger partial charge in [-0.1, -0.05) is 30.3 Å². The van der Waals surface area contributed by atoms with E-state index in [-0.39, 0.29) is 18.2 Å². The Labute approximate surface area is 151 Å². The highest BCUT2D eigenvalue weighted by Gasteiger charge is 2.07. The minimum atomic E-state index is -0.129. The first-order valence-electron chi connectivity index (χ1n) is 8.32. The number of aromatic nitrogens is 2. The Balaban J connectivity index is 1.53. The molecule has 0 saturated heterocycles. The molecule has 2 amide bonds. The van der Waals surface area contributed by atoms with Crippen molar-refractivity contribution in [3.8, 4) is 5.69 Å². The molecular weight excluding hydrogens is 328 g/mol. The van der Waals surface area contributed by atoms with Crippen molar-refractivity contribution in [2.24, 2.45) is 0 Å². The van der Waals surface area contributed by atoms with Gasteiger partial charge in [-0.25, -0.2) is 4.68 Å². The van der Waals surface area contributed by atoms with Gasteiger partial charge >= 0.3 is 0 Å². The van der Waals surface area contributed by atoms with Crippen LogP contribution in [0.3, 0.4) is 0 Å². The molecule has 0 unspecified atom stereocenters. The number of hydrogen-bond acceptors (Lipinski definition) is 3. The van der Waals surface area contributed by atoms with E-state index < -0.39 is 0 Å². The number of nitrogens with zero attached hydrogens (tertiary/aromatic N) is 2. The van der Waals surface area contributed by atoms with E-state index in [4.69, 9.17) is 0 Å². The zero-order valence-corrected chi connectivity index (χ0v) is 14.5. The molecule has 0 fully saturated rings. The van der Waals surface area contributed by atoms with Crippen LogP contribution in [0.2, 0.25) is 0 Å². The van der Waals surface area contributed by atoms with Crippen molar-refractivity contribution < 1.29 is 9.59 Å². The van der Waals surface area contributed by atoms with Crippen molar-refractivity contribution in [3.05, 3.63) is 83.7 Å². The van der Waals surface area contributed by atoms with E-state index in [0.29, 0.717) is 12.1 Å². The predicted octanol–water partition coefficient (Wildman–Crippen LogP) is 2.09. The average Bonchev–Trinajstić information content (AvgIpc) is 3.15. The maximum Gasteiger partial charge on any atom is 0.251 e. The minimum Gasteiger partial charge on any atom is -0.355 e. The molecule has 0 spiro atoms. The molecule has 6 heteroatoms. The van der Waals surface area contributed by atoms with Crippen LogP contribution < -0.4 is 10.6 Å². The van der Waals surface area contributed by atoms with Crippen LogP contribution in [0.1, 0.15) is 21.5 Å². The lowest BCUT2D eigenvalue weighted by Crippen LogP contribution is -2.24. The maximum absolute atomic E-state index is 12.1. The van der Waals surface area contributed by atoms with E-state index in [2.05, 4.69) is 15.7 Å². The Hall–Kier alpha value is -3.41. The van der Waals surface area contributed by atoms with Crippen LogP contribution in [-0.4, -0.2) is 28.6 Å². The fourth-order valence-corrected chi connectivity index (χ4v) is 2.54. The third kappa shape index (κ3) is 4.36. The topological polar surface area (TPSA) is 76.0 Å². The Morgan fingerprint density at radius 1 is 1.00 bits per heavy atom. The number of rotatable bonds is 6. The summed E-state index contributed by atoms with van der Waals surface area (Å²) >= 11 is 0. The molecule has 26 heavy (non-hydrogen) atoms. The van der Waals surface area contributed by atoms with Gasteiger partial charge in [0.05, 0.1) is 18.3 Å². The van der Waals surface area contributed by atoms with Crippen molar-refractivity contribution in [1.29, 1.82) is 0 Å². The number of nitrogens with one attached hydrogen (secondary N) is 2. The Kier molecular flexibility index (Phi) is 5.43. The van der Waals surface area contributed by atoms with Gasteiger partial charge in [-0.3, -0.25) is 9.59 Å². The summed E-state index contributed by atoms with van der Waals surface area (Å²) in [6.45, 7) is 0.416. The van der Waals surface area contributed by atoms with E-state index in [1.807, 2.05) is 48.7 Å². The number of hydrogen-bond donors (Lipinski definition) is 2. The second kappa shape index (κ2) is 8.11. The van der Waals surface area contributed by atoms with E-state index in [1.165, 1.54) is 0 Å². The molecule has 3 aromatic rings. The molecule has 6 nitrogen and oxygen atoms in total. The zero-order valence-electron chi connectivity index (χ0n) is 14.5. The lowest BCUT2D eigenvalue weighted by molar-refractivity contribution is -0.120. The van der Waals surface area contributed by atoms with Gasteiger partial charge in [-0.15, -0.1) is 0 Å². The smallest absolute Gasteiger partial charge is 0.251 e. The maximum atomic E-state index is 12.1. The zero-order chi connectivity index (χ0) is 18.4. The third-order valence-electron chi connectivity index (χ3n) is 3.95. The van der Waals surface area contributed by atoms with Gasteiger partial charge < -0.3 is 10.6 Å². The molecule has 1 aromatic heterocycles. The SMILES string of the molecule is CNC(=O)c1ccc(CNC(=O)Cc2cnn(-c3ccccc3)c2)cc1. The molecule has 0 bridgehead atoms. The Morgan fingerprint density at radius 3 is 2.42 bits per heavy atom. The van der Waals surface area contributed by atoms with Crippen molar-refractivity contribution in [3.63, 3.8) is 0 Å². The fourth-order valence-electron chi connectivity index (χ4n) is 2.54. The molecule has 2 aromatic carbocycles. The Bertz CT molecular complexity index is 886. The second-order valence-electron chi connectivity index (χ2n) is 5.86. The molecule has 0 aliphatic carbocycles. The summed E-state index contributed by atoms with van der Waals surface area (Å²) in [5, 5.41) is 9.75. The normalized spacial score (nSPS) is 10.3. The molecule has 0 aliphatic heterocycles. The van der Waals surface area contributed by atoms with Gasteiger partial charge in [0.2, 0.25) is 5.91 Å². The summed E-state index contributed by atoms with van der Waals surface area (Å²) in [5.41, 5.74) is 3.33. The molecule has 0 saturated carbocycles. The standard InChI is InChI=1S/C20H20N4O2/c1-21-20(26)17-9-7-15(8-10-17)12-22-19(25)11-16-13-23-24(14-16)18-5-3-2-4-6-18/h2-10,13-14H,11-12H2,1H3,(H,21,26)(H,22,25). The van der Waals surface area contributed by atoms with E-state index in [9.17, 15) is 9.59 Å². The number of carbonyl (C=O) groups excluding carboxylic acids is 2. The first-order valence-corrected chi connectivity index (χ1v) is 8.32. The number of carbonyl (C=O) groups is 2. The van der Waals surface area contributed by atoms with Crippen molar-refractivity contribution in [2.75, 3.05) is 7.05 Å². The van der Waals surface area contributed by atoms with Crippen LogP contribution in [-0.2, 0) is 17.8 Å². The quantitative estimate of drug-likeness (QED) is 0.716. The highest BCUT2D eigenvalue weighted by Crippen LogP contribution is 2.08. The summed E-state index contributed by atoms with van der Waals surface area (Å²) in [6, 6.07) is 16.9. The van der Waals surface area contributed by atoms with Gasteiger partial charge in [-0.2, -0.15) is 5.10 Å². The van der Waals surface area contributed by atoms with Gasteiger partial charge in [0, 0.05) is 25.4 Å². The van der Waals surface area contributed by atoms with Crippen LogP contribution in [0, 0.1) is 0 Å². The van der Waals surface area contributed by atoms with Crippen molar-refractivity contribution in [2.45, 2.75) is 13.0 Å². The molecular formula is C20H20N4O2. The summed E-state index contributed by atoms with van der Waals surface area (Å²) in [4.78, 5) is 23.7. The number of para-hydroxylation sites is 1. The number of amides is 2. The molecule has 1 heterocycles. The lowest BCUT2D eigenvalue weighted by atomic mass is 10.1. The van der Waals surface area contributed by atoms with E-state index in [1.54, 1.807) is 30.1 Å². The first-order chi connectivity index (χ1) is 12.7. The summed E-state index contributed by atoms with van der Waals surface area (Å²) < 4.78 is 1.75. The summed E-state index contributed by atoms with van der Waals surface area (Å²) in [6.07, 6.45) is 3.82. The second-order valence-corrected chi connectivity index (χ2v) is 5.86. The third-order valence-corrected chi connectivity index (χ3v) is 3.95. The van der Waals surface area contributed by atoms with Crippen LogP contribution in [0.4, 0.5) is 0 Å². The Morgan fingerprint density at radius 2 is 1.73 bits per heavy atom. The molecule has 132 valence electrons. The first kappa shape index (κ1) is 17.4. The lowest BCUT2D eigenvalue weighted by Gasteiger charge is -2.06. The van der Waals surface area contributed by atoms with Crippen LogP contribution in [0.15, 0.2) is 67.0 Å². The molecule has 0 radical (unpaired) electrons. The van der Waals surface area contributed by atoms with Crippen LogP contribution in [0.25, 0.3) is 5.69 Å². The van der Waals surface area contributed by atoms with Crippen molar-refractivity contribution >= 4 is 11.8 Å². The number of benzene rings is 2. The largest absolute Gasteiger partial charge is 0.355 e. The molecule has 0 aliphatic rings. The highest BCUT2D eigenvalue weighted by atomic mass is 16.2. The van der Waals surface area contributed by atoms with Crippen molar-refractivity contribution in [1.82, 2.24) is 20.4 Å². The monoisotopic (exact) mass is 348 g/mol.